The number of anilines is 3. The van der Waals surface area contributed by atoms with Gasteiger partial charge in [-0.2, -0.15) is 0 Å². The van der Waals surface area contributed by atoms with Gasteiger partial charge in [-0.1, -0.05) is 23.8 Å². The molecule has 0 atom stereocenters. The lowest BCUT2D eigenvalue weighted by Crippen LogP contribution is -2.29. The summed E-state index contributed by atoms with van der Waals surface area (Å²) in [5.74, 6) is 1.80. The Kier molecular flexibility index (Phi) is 6.17. The van der Waals surface area contributed by atoms with Gasteiger partial charge in [-0.25, -0.2) is 18.1 Å². The van der Waals surface area contributed by atoms with Crippen LogP contribution in [0.15, 0.2) is 59.6 Å². The second kappa shape index (κ2) is 8.77. The van der Waals surface area contributed by atoms with Crippen molar-refractivity contribution in [2.75, 3.05) is 23.7 Å². The van der Waals surface area contributed by atoms with E-state index in [9.17, 15) is 8.42 Å². The average Bonchev–Trinajstić information content (AvgIpc) is 2.67. The molecule has 3 rings (SSSR count). The van der Waals surface area contributed by atoms with E-state index in [-0.39, 0.29) is 6.54 Å². The summed E-state index contributed by atoms with van der Waals surface area (Å²) < 4.78 is 27.4. The second-order valence-corrected chi connectivity index (χ2v) is 7.97. The summed E-state index contributed by atoms with van der Waals surface area (Å²) in [7, 11) is -3.55. The molecule has 0 radical (unpaired) electrons. The summed E-state index contributed by atoms with van der Waals surface area (Å²) in [6, 6.07) is 14.3. The second-order valence-electron chi connectivity index (χ2n) is 6.24. The van der Waals surface area contributed by atoms with Gasteiger partial charge in [0.05, 0.1) is 4.90 Å². The Bertz CT molecular complexity index is 1020. The van der Waals surface area contributed by atoms with E-state index in [4.69, 9.17) is 0 Å². The fourth-order valence-electron chi connectivity index (χ4n) is 2.62. The molecule has 3 N–H and O–H groups in total. The molecule has 146 valence electrons. The molecule has 28 heavy (non-hydrogen) atoms. The predicted octanol–water partition coefficient (Wildman–Crippen LogP) is 2.62. The van der Waals surface area contributed by atoms with Crippen molar-refractivity contribution >= 4 is 27.5 Å². The van der Waals surface area contributed by atoms with Crippen molar-refractivity contribution in [1.82, 2.24) is 19.9 Å². The Morgan fingerprint density at radius 1 is 0.893 bits per heavy atom. The van der Waals surface area contributed by atoms with E-state index in [1.54, 1.807) is 37.4 Å². The Hall–Kier alpha value is -3.04. The largest absolute Gasteiger partial charge is 0.367 e. The maximum Gasteiger partial charge on any atom is 0.240 e. The van der Waals surface area contributed by atoms with Gasteiger partial charge in [-0.3, -0.25) is 0 Å². The lowest BCUT2D eigenvalue weighted by Gasteiger charge is -2.11. The molecule has 0 unspecified atom stereocenters. The molecule has 0 saturated carbocycles. The minimum atomic E-state index is -3.55. The van der Waals surface area contributed by atoms with Gasteiger partial charge in [0.25, 0.3) is 0 Å². The smallest absolute Gasteiger partial charge is 0.240 e. The topological polar surface area (TPSA) is 109 Å². The van der Waals surface area contributed by atoms with Gasteiger partial charge in [0.2, 0.25) is 10.0 Å². The lowest BCUT2D eigenvalue weighted by molar-refractivity contribution is 0.582. The maximum atomic E-state index is 12.4. The highest BCUT2D eigenvalue weighted by atomic mass is 32.2. The Labute approximate surface area is 164 Å². The van der Waals surface area contributed by atoms with Crippen molar-refractivity contribution in [2.24, 2.45) is 0 Å². The lowest BCUT2D eigenvalue weighted by atomic mass is 10.2. The first kappa shape index (κ1) is 19.7. The zero-order chi connectivity index (χ0) is 20.0. The summed E-state index contributed by atoms with van der Waals surface area (Å²) >= 11 is 0. The number of benzene rings is 1. The van der Waals surface area contributed by atoms with Gasteiger partial charge in [0, 0.05) is 19.3 Å². The van der Waals surface area contributed by atoms with Crippen molar-refractivity contribution in [3.05, 3.63) is 65.9 Å². The number of nitrogens with one attached hydrogen (secondary N) is 3. The first-order chi connectivity index (χ1) is 13.4. The van der Waals surface area contributed by atoms with Crippen LogP contribution in [-0.4, -0.2) is 36.7 Å². The molecule has 8 nitrogen and oxygen atoms in total. The van der Waals surface area contributed by atoms with Crippen LogP contribution in [0.25, 0.3) is 0 Å². The van der Waals surface area contributed by atoms with E-state index < -0.39 is 10.0 Å². The number of pyridine rings is 1. The Balaban J connectivity index is 1.49. The Morgan fingerprint density at radius 2 is 1.68 bits per heavy atom. The molecule has 0 aliphatic heterocycles. The standard InChI is InChI=1S/C19H22N6O2S/c1-14-6-7-16(15(2)13-14)28(26,27)22-12-11-21-18-8-9-19(25-24-18)23-17-5-3-4-10-20-17/h3-10,13,22H,11-12H2,1-2H3,(H,21,24)(H,20,23,25). The normalized spacial score (nSPS) is 11.2. The number of rotatable bonds is 8. The van der Waals surface area contributed by atoms with Crippen LogP contribution in [0.3, 0.4) is 0 Å². The van der Waals surface area contributed by atoms with Gasteiger partial charge in [0.1, 0.15) is 11.6 Å². The predicted molar refractivity (Wildman–Crippen MR) is 109 cm³/mol. The summed E-state index contributed by atoms with van der Waals surface area (Å²) in [5, 5.41) is 14.2. The summed E-state index contributed by atoms with van der Waals surface area (Å²) in [6.45, 7) is 4.33. The molecule has 0 spiro atoms. The highest BCUT2D eigenvalue weighted by molar-refractivity contribution is 7.89. The molecular weight excluding hydrogens is 376 g/mol. The molecule has 0 bridgehead atoms. The molecular formula is C19H22N6O2S. The van der Waals surface area contributed by atoms with E-state index in [2.05, 4.69) is 30.5 Å². The molecule has 2 heterocycles. The quantitative estimate of drug-likeness (QED) is 0.501. The van der Waals surface area contributed by atoms with E-state index >= 15 is 0 Å². The molecule has 9 heteroatoms. The monoisotopic (exact) mass is 398 g/mol. The average molecular weight is 398 g/mol. The SMILES string of the molecule is Cc1ccc(S(=O)(=O)NCCNc2ccc(Nc3ccccn3)nn2)c(C)c1. The molecule has 0 aliphatic carbocycles. The number of aromatic nitrogens is 3. The number of sulfonamides is 1. The minimum absolute atomic E-state index is 0.227. The highest BCUT2D eigenvalue weighted by Crippen LogP contribution is 2.16. The fourth-order valence-corrected chi connectivity index (χ4v) is 3.87. The maximum absolute atomic E-state index is 12.4. The van der Waals surface area contributed by atoms with Gasteiger partial charge in [-0.15, -0.1) is 10.2 Å². The van der Waals surface area contributed by atoms with Gasteiger partial charge in [-0.05, 0) is 49.7 Å². The van der Waals surface area contributed by atoms with Crippen LogP contribution in [-0.2, 0) is 10.0 Å². The van der Waals surface area contributed by atoms with Crippen LogP contribution in [0.4, 0.5) is 17.5 Å². The third-order valence-electron chi connectivity index (χ3n) is 3.93. The van der Waals surface area contributed by atoms with Gasteiger partial charge < -0.3 is 10.6 Å². The van der Waals surface area contributed by atoms with E-state index in [0.29, 0.717) is 28.9 Å². The molecule has 1 aromatic carbocycles. The van der Waals surface area contributed by atoms with Crippen LogP contribution >= 0.6 is 0 Å². The third-order valence-corrected chi connectivity index (χ3v) is 5.55. The summed E-state index contributed by atoms with van der Waals surface area (Å²) in [6.07, 6.45) is 1.69. The van der Waals surface area contributed by atoms with Crippen LogP contribution in [0.5, 0.6) is 0 Å². The molecule has 2 aromatic heterocycles. The Morgan fingerprint density at radius 3 is 2.36 bits per heavy atom. The van der Waals surface area contributed by atoms with Crippen LogP contribution in [0.1, 0.15) is 11.1 Å². The zero-order valence-corrected chi connectivity index (χ0v) is 16.5. The minimum Gasteiger partial charge on any atom is -0.367 e. The number of hydrogen-bond acceptors (Lipinski definition) is 7. The van der Waals surface area contributed by atoms with Gasteiger partial charge >= 0.3 is 0 Å². The number of nitrogens with zero attached hydrogens (tertiary/aromatic N) is 3. The number of hydrogen-bond donors (Lipinski definition) is 3. The van der Waals surface area contributed by atoms with Crippen molar-refractivity contribution in [1.29, 1.82) is 0 Å². The zero-order valence-electron chi connectivity index (χ0n) is 15.7. The van der Waals surface area contributed by atoms with E-state index in [1.807, 2.05) is 31.2 Å². The molecule has 0 saturated heterocycles. The van der Waals surface area contributed by atoms with Crippen molar-refractivity contribution in [3.8, 4) is 0 Å². The molecule has 0 fully saturated rings. The number of aryl methyl sites for hydroxylation is 2. The molecule has 3 aromatic rings. The van der Waals surface area contributed by atoms with Crippen molar-refractivity contribution in [3.63, 3.8) is 0 Å². The van der Waals surface area contributed by atoms with Crippen molar-refractivity contribution in [2.45, 2.75) is 18.7 Å². The van der Waals surface area contributed by atoms with Crippen LogP contribution < -0.4 is 15.4 Å². The molecule has 0 amide bonds. The van der Waals surface area contributed by atoms with Crippen molar-refractivity contribution < 1.29 is 8.42 Å². The highest BCUT2D eigenvalue weighted by Gasteiger charge is 2.15. The fraction of sp³-hybridized carbons (Fsp3) is 0.211. The van der Waals surface area contributed by atoms with Crippen LogP contribution in [0, 0.1) is 13.8 Å². The third kappa shape index (κ3) is 5.24. The first-order valence-corrected chi connectivity index (χ1v) is 10.2. The van der Waals surface area contributed by atoms with Gasteiger partial charge in [0.15, 0.2) is 5.82 Å². The molecule has 0 aliphatic rings. The van der Waals surface area contributed by atoms with E-state index in [0.717, 1.165) is 11.1 Å². The summed E-state index contributed by atoms with van der Waals surface area (Å²) in [4.78, 5) is 4.45. The first-order valence-electron chi connectivity index (χ1n) is 8.77. The summed E-state index contributed by atoms with van der Waals surface area (Å²) in [5.41, 5.74) is 1.75. The van der Waals surface area contributed by atoms with Crippen LogP contribution in [0.2, 0.25) is 0 Å². The van der Waals surface area contributed by atoms with E-state index in [1.165, 1.54) is 0 Å².